The Kier molecular flexibility index (Phi) is 4.95. The van der Waals surface area contributed by atoms with Crippen LogP contribution < -0.4 is 9.47 Å². The number of aromatic amines is 1. The summed E-state index contributed by atoms with van der Waals surface area (Å²) in [5, 5.41) is 1.22. The summed E-state index contributed by atoms with van der Waals surface area (Å²) in [5.41, 5.74) is 5.40. The number of hydrogen-bond acceptors (Lipinski definition) is 3. The van der Waals surface area contributed by atoms with Crippen LogP contribution in [0.15, 0.2) is 77.3 Å². The minimum atomic E-state index is -0.238. The molecule has 0 spiro atoms. The Bertz CT molecular complexity index is 1390. The number of carbonyl (C=O) groups excluding carboxylic acids is 1. The number of benzene rings is 3. The maximum atomic E-state index is 13.4. The fourth-order valence-corrected chi connectivity index (χ4v) is 5.01. The standard InChI is InChI=1S/C27H21BrN2O3/c28-19-9-5-17(6-10-19)7-12-25(31)30-14-13-21-20-3-1-2-4-22(20)29-26(21)27(30)18-8-11-23-24(15-18)33-16-32-23/h1-12,15,27,29H,13-14,16H2/b12-7+. The van der Waals surface area contributed by atoms with Crippen LogP contribution in [-0.4, -0.2) is 29.1 Å². The maximum Gasteiger partial charge on any atom is 0.247 e. The van der Waals surface area contributed by atoms with Gasteiger partial charge < -0.3 is 19.4 Å². The van der Waals surface area contributed by atoms with E-state index in [4.69, 9.17) is 9.47 Å². The van der Waals surface area contributed by atoms with Gasteiger partial charge in [0.25, 0.3) is 0 Å². The van der Waals surface area contributed by atoms with Gasteiger partial charge in [0.1, 0.15) is 0 Å². The predicted molar refractivity (Wildman–Crippen MR) is 131 cm³/mol. The zero-order valence-electron chi connectivity index (χ0n) is 17.8. The molecular formula is C27H21BrN2O3. The largest absolute Gasteiger partial charge is 0.454 e. The monoisotopic (exact) mass is 500 g/mol. The van der Waals surface area contributed by atoms with Crippen LogP contribution in [0.4, 0.5) is 0 Å². The molecule has 33 heavy (non-hydrogen) atoms. The molecular weight excluding hydrogens is 480 g/mol. The lowest BCUT2D eigenvalue weighted by molar-refractivity contribution is -0.128. The van der Waals surface area contributed by atoms with E-state index in [9.17, 15) is 4.79 Å². The van der Waals surface area contributed by atoms with E-state index in [0.717, 1.165) is 39.0 Å². The van der Waals surface area contributed by atoms with Gasteiger partial charge in [0.05, 0.1) is 6.04 Å². The molecule has 3 aromatic carbocycles. The number of H-pyrrole nitrogens is 1. The Hall–Kier alpha value is -3.51. The fraction of sp³-hybridized carbons (Fsp3) is 0.148. The summed E-state index contributed by atoms with van der Waals surface area (Å²) in [7, 11) is 0. The number of rotatable bonds is 3. The van der Waals surface area contributed by atoms with Gasteiger partial charge in [0.2, 0.25) is 12.7 Å². The fourth-order valence-electron chi connectivity index (χ4n) is 4.75. The van der Waals surface area contributed by atoms with E-state index in [0.29, 0.717) is 12.3 Å². The zero-order chi connectivity index (χ0) is 22.4. The third-order valence-corrected chi connectivity index (χ3v) is 6.85. The molecule has 6 rings (SSSR count). The Morgan fingerprint density at radius 1 is 1.03 bits per heavy atom. The van der Waals surface area contributed by atoms with Crippen LogP contribution >= 0.6 is 15.9 Å². The van der Waals surface area contributed by atoms with E-state index < -0.39 is 0 Å². The topological polar surface area (TPSA) is 54.6 Å². The normalized spacial score (nSPS) is 17.0. The molecule has 0 saturated heterocycles. The van der Waals surface area contributed by atoms with Gasteiger partial charge in [-0.25, -0.2) is 0 Å². The van der Waals surface area contributed by atoms with Crippen molar-refractivity contribution in [3.05, 3.63) is 99.7 Å². The van der Waals surface area contributed by atoms with Crippen molar-refractivity contribution in [2.24, 2.45) is 0 Å². The van der Waals surface area contributed by atoms with Crippen LogP contribution in [0.2, 0.25) is 0 Å². The van der Waals surface area contributed by atoms with Crippen molar-refractivity contribution in [1.82, 2.24) is 9.88 Å². The summed E-state index contributed by atoms with van der Waals surface area (Å²) < 4.78 is 12.1. The van der Waals surface area contributed by atoms with Gasteiger partial charge in [-0.15, -0.1) is 0 Å². The number of hydrogen-bond donors (Lipinski definition) is 1. The molecule has 2 aliphatic heterocycles. The molecule has 0 radical (unpaired) electrons. The first-order chi connectivity index (χ1) is 16.2. The van der Waals surface area contributed by atoms with Gasteiger partial charge in [-0.1, -0.05) is 52.3 Å². The lowest BCUT2D eigenvalue weighted by atomic mass is 9.92. The Balaban J connectivity index is 1.42. The average molecular weight is 501 g/mol. The van der Waals surface area contributed by atoms with Gasteiger partial charge in [0, 0.05) is 33.7 Å². The van der Waals surface area contributed by atoms with E-state index in [2.05, 4.69) is 39.1 Å². The van der Waals surface area contributed by atoms with Crippen LogP contribution in [0.3, 0.4) is 0 Å². The van der Waals surface area contributed by atoms with Crippen LogP contribution in [0.25, 0.3) is 17.0 Å². The average Bonchev–Trinajstić information content (AvgIpc) is 3.46. The minimum absolute atomic E-state index is 0.0232. The van der Waals surface area contributed by atoms with Crippen molar-refractivity contribution in [1.29, 1.82) is 0 Å². The molecule has 0 aliphatic carbocycles. The number of halogens is 1. The molecule has 1 amide bonds. The van der Waals surface area contributed by atoms with Crippen molar-refractivity contribution < 1.29 is 14.3 Å². The quantitative estimate of drug-likeness (QED) is 0.359. The van der Waals surface area contributed by atoms with Gasteiger partial charge in [-0.2, -0.15) is 0 Å². The summed E-state index contributed by atoms with van der Waals surface area (Å²) in [5.74, 6) is 1.43. The number of nitrogens with zero attached hydrogens (tertiary/aromatic N) is 1. The number of aromatic nitrogens is 1. The highest BCUT2D eigenvalue weighted by molar-refractivity contribution is 9.10. The first-order valence-corrected chi connectivity index (χ1v) is 11.7. The minimum Gasteiger partial charge on any atom is -0.454 e. The number of carbonyl (C=O) groups is 1. The Morgan fingerprint density at radius 2 is 1.85 bits per heavy atom. The first-order valence-electron chi connectivity index (χ1n) is 10.9. The molecule has 3 heterocycles. The zero-order valence-corrected chi connectivity index (χ0v) is 19.3. The molecule has 0 saturated carbocycles. The lowest BCUT2D eigenvalue weighted by Crippen LogP contribution is -2.39. The summed E-state index contributed by atoms with van der Waals surface area (Å²) in [6, 6.07) is 21.9. The summed E-state index contributed by atoms with van der Waals surface area (Å²) >= 11 is 3.45. The molecule has 1 atom stereocenters. The van der Waals surface area contributed by atoms with E-state index in [1.165, 1.54) is 10.9 Å². The van der Waals surface area contributed by atoms with E-state index in [-0.39, 0.29) is 18.7 Å². The summed E-state index contributed by atoms with van der Waals surface area (Å²) in [6.07, 6.45) is 4.33. The summed E-state index contributed by atoms with van der Waals surface area (Å²) in [4.78, 5) is 19.0. The summed E-state index contributed by atoms with van der Waals surface area (Å²) in [6.45, 7) is 0.858. The second kappa shape index (κ2) is 8.12. The van der Waals surface area contributed by atoms with Crippen molar-refractivity contribution in [3.63, 3.8) is 0 Å². The van der Waals surface area contributed by atoms with Gasteiger partial charge in [0.15, 0.2) is 11.5 Å². The maximum absolute atomic E-state index is 13.4. The third kappa shape index (κ3) is 3.60. The second-order valence-corrected chi connectivity index (χ2v) is 9.16. The SMILES string of the molecule is O=C(/C=C/c1ccc(Br)cc1)N1CCc2c([nH]c3ccccc23)C1c1ccc2c(c1)OCO2. The highest BCUT2D eigenvalue weighted by Crippen LogP contribution is 2.42. The van der Waals surface area contributed by atoms with Crippen LogP contribution in [0, 0.1) is 0 Å². The van der Waals surface area contributed by atoms with Gasteiger partial charge in [-0.3, -0.25) is 4.79 Å². The van der Waals surface area contributed by atoms with Crippen LogP contribution in [0.5, 0.6) is 11.5 Å². The molecule has 0 fully saturated rings. The van der Waals surface area contributed by atoms with Gasteiger partial charge >= 0.3 is 0 Å². The van der Waals surface area contributed by atoms with Gasteiger partial charge in [-0.05, 0) is 59.5 Å². The number of para-hydroxylation sites is 1. The van der Waals surface area contributed by atoms with Crippen molar-refractivity contribution in [3.8, 4) is 11.5 Å². The van der Waals surface area contributed by atoms with Crippen molar-refractivity contribution in [2.45, 2.75) is 12.5 Å². The first kappa shape index (κ1) is 20.1. The van der Waals surface area contributed by atoms with Crippen LogP contribution in [-0.2, 0) is 11.2 Å². The Morgan fingerprint density at radius 3 is 2.73 bits per heavy atom. The molecule has 2 aliphatic rings. The van der Waals surface area contributed by atoms with E-state index in [1.54, 1.807) is 6.08 Å². The molecule has 1 unspecified atom stereocenters. The highest BCUT2D eigenvalue weighted by Gasteiger charge is 2.34. The van der Waals surface area contributed by atoms with E-state index >= 15 is 0 Å². The highest BCUT2D eigenvalue weighted by atomic mass is 79.9. The Labute approximate surface area is 199 Å². The number of fused-ring (bicyclic) bond motifs is 4. The molecule has 6 heteroatoms. The number of nitrogens with one attached hydrogen (secondary N) is 1. The molecule has 1 N–H and O–H groups in total. The smallest absolute Gasteiger partial charge is 0.247 e. The van der Waals surface area contributed by atoms with Crippen molar-refractivity contribution >= 4 is 38.8 Å². The van der Waals surface area contributed by atoms with Crippen molar-refractivity contribution in [2.75, 3.05) is 13.3 Å². The van der Waals surface area contributed by atoms with E-state index in [1.807, 2.05) is 59.5 Å². The number of amides is 1. The lowest BCUT2D eigenvalue weighted by Gasteiger charge is -2.35. The molecule has 1 aromatic heterocycles. The molecule has 4 aromatic rings. The van der Waals surface area contributed by atoms with Crippen LogP contribution in [0.1, 0.15) is 28.4 Å². The second-order valence-electron chi connectivity index (χ2n) is 8.24. The number of ether oxygens (including phenoxy) is 2. The molecule has 0 bridgehead atoms. The third-order valence-electron chi connectivity index (χ3n) is 6.32. The molecule has 164 valence electrons. The molecule has 5 nitrogen and oxygen atoms in total. The predicted octanol–water partition coefficient (Wildman–Crippen LogP) is 5.85.